The van der Waals surface area contributed by atoms with Crippen LogP contribution in [0.25, 0.3) is 108 Å². The molecule has 364 valence electrons. The third-order valence-electron chi connectivity index (χ3n) is 15.3. The summed E-state index contributed by atoms with van der Waals surface area (Å²) < 4.78 is 48.6. The molecule has 2 aromatic heterocycles. The average Bonchev–Trinajstić information content (AvgIpc) is 3.96. The van der Waals surface area contributed by atoms with Crippen LogP contribution in [-0.4, -0.2) is 9.13 Å². The third-order valence-corrected chi connectivity index (χ3v) is 15.3. The van der Waals surface area contributed by atoms with E-state index in [9.17, 15) is 18.4 Å². The van der Waals surface area contributed by atoms with Gasteiger partial charge in [-0.25, -0.2) is 19.4 Å². The van der Waals surface area contributed by atoms with Crippen LogP contribution in [0.15, 0.2) is 200 Å². The summed E-state index contributed by atoms with van der Waals surface area (Å²) in [6.45, 7) is 34.8. The first-order valence-corrected chi connectivity index (χ1v) is 24.8. The van der Waals surface area contributed by atoms with Crippen molar-refractivity contribution in [3.63, 3.8) is 0 Å². The zero-order valence-electron chi connectivity index (χ0n) is 41.3. The minimum absolute atomic E-state index is 0.131. The number of nitrogens with zero attached hydrogens (tertiary/aromatic N) is 7. The summed E-state index contributed by atoms with van der Waals surface area (Å²) in [5.41, 5.74) is 11.4. The van der Waals surface area contributed by atoms with Gasteiger partial charge in [0.25, 0.3) is 0 Å². The molecule has 3 heterocycles. The topological polar surface area (TPSA) is 51.1 Å². The number of aryl methyl sites for hydroxylation is 1. The number of nitriles is 1. The predicted octanol–water partition coefficient (Wildman–Crippen LogP) is 19.0. The Labute approximate surface area is 446 Å². The zero-order valence-corrected chi connectivity index (χ0v) is 41.3. The first kappa shape index (κ1) is 46.8. The van der Waals surface area contributed by atoms with Crippen molar-refractivity contribution < 1.29 is 13.2 Å². The molecule has 1 aliphatic heterocycles. The molecule has 10 heteroatoms. The summed E-state index contributed by atoms with van der Waals surface area (Å²) in [5, 5.41) is 13.5. The number of hydrogen-bond donors (Lipinski definition) is 0. The minimum atomic E-state index is -4.67. The first-order valence-electron chi connectivity index (χ1n) is 24.8. The van der Waals surface area contributed by atoms with Crippen molar-refractivity contribution in [2.24, 2.45) is 0 Å². The molecule has 1 aliphatic rings. The Balaban J connectivity index is 1.28. The second-order valence-corrected chi connectivity index (χ2v) is 19.6. The molecule has 0 spiro atoms. The fourth-order valence-corrected chi connectivity index (χ4v) is 11.9. The number of rotatable bonds is 5. The molecule has 78 heavy (non-hydrogen) atoms. The van der Waals surface area contributed by atoms with Crippen LogP contribution in [-0.2, 0) is 11.6 Å². The van der Waals surface area contributed by atoms with Gasteiger partial charge in [-0.15, -0.1) is 0 Å². The van der Waals surface area contributed by atoms with Crippen LogP contribution in [0.4, 0.5) is 35.9 Å². The number of fused-ring (bicyclic) bond motifs is 11. The summed E-state index contributed by atoms with van der Waals surface area (Å²) >= 11 is 0. The maximum atomic E-state index is 14.8. The highest BCUT2D eigenvalue weighted by atomic mass is 19.4. The Bertz CT molecular complexity index is 4770. The molecular formula is C68H36F3N7. The van der Waals surface area contributed by atoms with Gasteiger partial charge in [-0.2, -0.15) is 18.4 Å². The lowest BCUT2D eigenvalue weighted by molar-refractivity contribution is -0.137. The molecule has 13 rings (SSSR count). The second-order valence-electron chi connectivity index (χ2n) is 19.6. The summed E-state index contributed by atoms with van der Waals surface area (Å²) in [4.78, 5) is 15.7. The summed E-state index contributed by atoms with van der Waals surface area (Å²) in [7, 11) is 0. The monoisotopic (exact) mass is 1010 g/mol. The lowest BCUT2D eigenvalue weighted by atomic mass is 9.64. The number of hydrogen-bond acceptors (Lipinski definition) is 1. The molecular weight excluding hydrogens is 972 g/mol. The van der Waals surface area contributed by atoms with Crippen LogP contribution >= 0.6 is 0 Å². The van der Waals surface area contributed by atoms with Gasteiger partial charge in [-0.3, -0.25) is 0 Å². The molecule has 0 saturated heterocycles. The standard InChI is InChI=1S/C68H36F3N7/c1-40-26-46(29-51(27-40)68(69,70)71)59-37-65-66(38-60(59)76-5)78-62-32-45(43-12-7-15-52(30-43)73-2)19-23-56(62)58-25-21-50(36-64(58)78)67(47-13-8-16-53(33-47)74-3,48-14-9-17-54(34-48)75-4)49-20-24-57-55-22-18-44(31-61(55)77(65)63(57)35-49)42-11-6-10-41(28-42)39-72/h6-38H,1H3. The Morgan fingerprint density at radius 1 is 0.436 bits per heavy atom. The fraction of sp³-hybridized carbons (Fsp3) is 0.0441. The van der Waals surface area contributed by atoms with Gasteiger partial charge >= 0.3 is 6.18 Å². The molecule has 0 atom stereocenters. The molecule has 4 bridgehead atoms. The van der Waals surface area contributed by atoms with Gasteiger partial charge in [-0.05, 0) is 135 Å². The Kier molecular flexibility index (Phi) is 10.6. The van der Waals surface area contributed by atoms with Crippen LogP contribution in [0.3, 0.4) is 0 Å². The third kappa shape index (κ3) is 7.16. The van der Waals surface area contributed by atoms with E-state index in [4.69, 9.17) is 26.3 Å². The van der Waals surface area contributed by atoms with Gasteiger partial charge in [0, 0.05) is 21.5 Å². The highest BCUT2D eigenvalue weighted by Crippen LogP contribution is 2.52. The quantitative estimate of drug-likeness (QED) is 0.159. The van der Waals surface area contributed by atoms with E-state index in [1.807, 2.05) is 91.0 Å². The van der Waals surface area contributed by atoms with Crippen LogP contribution in [0, 0.1) is 44.5 Å². The maximum Gasteiger partial charge on any atom is 0.416 e. The number of alkyl halides is 3. The van der Waals surface area contributed by atoms with Gasteiger partial charge < -0.3 is 9.13 Å². The van der Waals surface area contributed by atoms with Crippen molar-refractivity contribution in [3.8, 4) is 50.8 Å². The lowest BCUT2D eigenvalue weighted by Gasteiger charge is -2.37. The van der Waals surface area contributed by atoms with Crippen molar-refractivity contribution in [1.82, 2.24) is 9.13 Å². The van der Waals surface area contributed by atoms with E-state index >= 15 is 0 Å². The average molecular weight is 1010 g/mol. The fourth-order valence-electron chi connectivity index (χ4n) is 11.9. The molecule has 10 aromatic carbocycles. The number of benzene rings is 10. The van der Waals surface area contributed by atoms with Crippen molar-refractivity contribution in [3.05, 3.63) is 285 Å². The van der Waals surface area contributed by atoms with E-state index in [1.54, 1.807) is 43.3 Å². The molecule has 0 amide bonds. The molecule has 7 nitrogen and oxygen atoms in total. The van der Waals surface area contributed by atoms with Crippen molar-refractivity contribution in [2.75, 3.05) is 0 Å². The van der Waals surface area contributed by atoms with Crippen LogP contribution in [0.5, 0.6) is 0 Å². The largest absolute Gasteiger partial charge is 0.416 e. The van der Waals surface area contributed by atoms with E-state index in [0.717, 1.165) is 100 Å². The summed E-state index contributed by atoms with van der Waals surface area (Å²) in [5.74, 6) is 0. The summed E-state index contributed by atoms with van der Waals surface area (Å²) in [6, 6.07) is 64.8. The van der Waals surface area contributed by atoms with Gasteiger partial charge in [0.05, 0.1) is 82.3 Å². The van der Waals surface area contributed by atoms with Crippen molar-refractivity contribution in [1.29, 1.82) is 5.26 Å². The zero-order chi connectivity index (χ0) is 53.6. The molecule has 0 fully saturated rings. The van der Waals surface area contributed by atoms with Crippen LogP contribution in [0.2, 0.25) is 0 Å². The molecule has 0 saturated carbocycles. The number of aromatic nitrogens is 2. The normalized spacial score (nSPS) is 12.4. The highest BCUT2D eigenvalue weighted by Gasteiger charge is 2.41. The second kappa shape index (κ2) is 17.6. The van der Waals surface area contributed by atoms with Gasteiger partial charge in [0.1, 0.15) is 0 Å². The van der Waals surface area contributed by atoms with E-state index in [2.05, 4.69) is 95.2 Å². The maximum absolute atomic E-state index is 14.8. The van der Waals surface area contributed by atoms with E-state index in [0.29, 0.717) is 45.1 Å². The van der Waals surface area contributed by atoms with Crippen molar-refractivity contribution >= 4 is 66.4 Å². The molecule has 0 unspecified atom stereocenters. The van der Waals surface area contributed by atoms with Gasteiger partial charge in [0.15, 0.2) is 22.7 Å². The molecule has 0 aliphatic carbocycles. The summed E-state index contributed by atoms with van der Waals surface area (Å²) in [6.07, 6.45) is -4.67. The molecule has 0 N–H and O–H groups in total. The molecule has 0 radical (unpaired) electrons. The van der Waals surface area contributed by atoms with Crippen LogP contribution < -0.4 is 0 Å². The minimum Gasteiger partial charge on any atom is -0.308 e. The molecule has 12 aromatic rings. The SMILES string of the molecule is [C-]#[N+]c1cccc(-c2ccc3c4ccc5cc4n(c3c2)-c2cc([N+]#[C-])c(-c3cc(C)cc(C(F)(F)F)c3)cc2-n2c3cc(-c4cccc(C#N)c4)ccc3c3ccc(cc32)C5(c2cccc([N+]#[C-])c2)c2cccc([N+]#[C-])c2)c1. The van der Waals surface area contributed by atoms with Gasteiger partial charge in [0.2, 0.25) is 0 Å². The van der Waals surface area contributed by atoms with Crippen molar-refractivity contribution in [2.45, 2.75) is 18.5 Å². The Hall–Kier alpha value is -11.0. The highest BCUT2D eigenvalue weighted by molar-refractivity contribution is 6.14. The Morgan fingerprint density at radius 3 is 1.42 bits per heavy atom. The van der Waals surface area contributed by atoms with E-state index in [1.165, 1.54) is 0 Å². The number of halogens is 3. The Morgan fingerprint density at radius 2 is 0.897 bits per heavy atom. The van der Waals surface area contributed by atoms with Crippen LogP contribution in [0.1, 0.15) is 38.9 Å². The van der Waals surface area contributed by atoms with Gasteiger partial charge in [-0.1, -0.05) is 133 Å². The predicted molar refractivity (Wildman–Crippen MR) is 303 cm³/mol. The smallest absolute Gasteiger partial charge is 0.308 e. The van der Waals surface area contributed by atoms with E-state index in [-0.39, 0.29) is 11.3 Å². The first-order chi connectivity index (χ1) is 37.9. The van der Waals surface area contributed by atoms with E-state index < -0.39 is 17.2 Å². The lowest BCUT2D eigenvalue weighted by Crippen LogP contribution is -2.31.